The molecule has 11 heteroatoms. The lowest BCUT2D eigenvalue weighted by molar-refractivity contribution is -0.130. The van der Waals surface area contributed by atoms with E-state index in [4.69, 9.17) is 20.8 Å². The number of furan rings is 1. The van der Waals surface area contributed by atoms with Crippen LogP contribution in [0.1, 0.15) is 62.9 Å². The molecule has 4 heterocycles. The van der Waals surface area contributed by atoms with E-state index in [0.717, 1.165) is 25.8 Å². The number of carbonyl (C=O) groups excluding carboxylic acids is 3. The minimum atomic E-state index is -0.587. The summed E-state index contributed by atoms with van der Waals surface area (Å²) in [5.74, 6) is -0.299. The summed E-state index contributed by atoms with van der Waals surface area (Å²) < 4.78 is 11.6. The molecule has 3 aromatic heterocycles. The summed E-state index contributed by atoms with van der Waals surface area (Å²) in [4.78, 5) is 49.3. The van der Waals surface area contributed by atoms with Crippen molar-refractivity contribution in [1.29, 1.82) is 0 Å². The lowest BCUT2D eigenvalue weighted by atomic mass is 9.84. The summed E-state index contributed by atoms with van der Waals surface area (Å²) in [5, 5.41) is 6.03. The fraction of sp³-hybridized carbons (Fsp3) is 0.444. The van der Waals surface area contributed by atoms with Crippen LogP contribution in [0.3, 0.4) is 0 Å². The molecule has 0 spiro atoms. The Hall–Kier alpha value is -3.66. The molecule has 3 aromatic rings. The van der Waals surface area contributed by atoms with Crippen molar-refractivity contribution in [3.05, 3.63) is 41.2 Å². The van der Waals surface area contributed by atoms with Crippen LogP contribution in [-0.4, -0.2) is 51.3 Å². The smallest absolute Gasteiger partial charge is 0.294 e. The van der Waals surface area contributed by atoms with E-state index in [1.54, 1.807) is 24.3 Å². The second-order valence-corrected chi connectivity index (χ2v) is 10.4. The van der Waals surface area contributed by atoms with Gasteiger partial charge in [0.2, 0.25) is 23.5 Å². The normalized spacial score (nSPS) is 19.7. The van der Waals surface area contributed by atoms with Crippen molar-refractivity contribution < 1.29 is 23.5 Å². The Kier molecular flexibility index (Phi) is 7.51. The van der Waals surface area contributed by atoms with Crippen LogP contribution in [0.4, 0.5) is 11.5 Å². The maximum atomic E-state index is 13.4. The molecule has 2 aliphatic rings. The summed E-state index contributed by atoms with van der Waals surface area (Å²) in [6.07, 6.45) is 5.68. The summed E-state index contributed by atoms with van der Waals surface area (Å²) in [6.45, 7) is 4.57. The number of pyridine rings is 2. The third-order valence-corrected chi connectivity index (χ3v) is 7.13. The lowest BCUT2D eigenvalue weighted by Crippen LogP contribution is -2.40. The molecule has 10 nitrogen and oxygen atoms in total. The number of rotatable bonds is 7. The molecule has 200 valence electrons. The number of nitrogens with one attached hydrogen (secondary N) is 2. The largest absolute Gasteiger partial charge is 0.475 e. The van der Waals surface area contributed by atoms with Crippen LogP contribution < -0.4 is 15.4 Å². The highest BCUT2D eigenvalue weighted by Crippen LogP contribution is 2.35. The number of likely N-dealkylation sites (tertiary alicyclic amines) is 1. The molecule has 1 aliphatic carbocycles. The Bertz CT molecular complexity index is 1350. The first kappa shape index (κ1) is 26.0. The van der Waals surface area contributed by atoms with Gasteiger partial charge in [0.25, 0.3) is 5.91 Å². The molecule has 3 amide bonds. The minimum Gasteiger partial charge on any atom is -0.475 e. The highest BCUT2D eigenvalue weighted by molar-refractivity contribution is 6.30. The van der Waals surface area contributed by atoms with E-state index >= 15 is 0 Å². The fourth-order valence-corrected chi connectivity index (χ4v) is 5.21. The monoisotopic (exact) mass is 539 g/mol. The van der Waals surface area contributed by atoms with Crippen LogP contribution >= 0.6 is 11.6 Å². The highest BCUT2D eigenvalue weighted by atomic mass is 35.5. The number of nitrogens with zero attached hydrogens (tertiary/aromatic N) is 3. The molecule has 0 unspecified atom stereocenters. The number of halogens is 1. The molecule has 2 N–H and O–H groups in total. The van der Waals surface area contributed by atoms with Crippen molar-refractivity contribution in [3.63, 3.8) is 0 Å². The Morgan fingerprint density at radius 3 is 2.58 bits per heavy atom. The second kappa shape index (κ2) is 11.0. The van der Waals surface area contributed by atoms with Gasteiger partial charge in [0.15, 0.2) is 5.58 Å². The first-order chi connectivity index (χ1) is 18.3. The molecule has 5 rings (SSSR count). The number of aromatic nitrogens is 2. The lowest BCUT2D eigenvalue weighted by Gasteiger charge is -2.34. The molecule has 1 saturated carbocycles. The summed E-state index contributed by atoms with van der Waals surface area (Å²) in [7, 11) is 0. The van der Waals surface area contributed by atoms with E-state index in [9.17, 15) is 14.4 Å². The van der Waals surface area contributed by atoms with Gasteiger partial charge in [0.05, 0.1) is 11.1 Å². The van der Waals surface area contributed by atoms with Gasteiger partial charge in [0, 0.05) is 37.2 Å². The van der Waals surface area contributed by atoms with E-state index in [-0.39, 0.29) is 47.1 Å². The fourth-order valence-electron chi connectivity index (χ4n) is 5.09. The van der Waals surface area contributed by atoms with Crippen molar-refractivity contribution in [2.75, 3.05) is 17.2 Å². The maximum Gasteiger partial charge on any atom is 0.294 e. The van der Waals surface area contributed by atoms with E-state index < -0.39 is 5.91 Å². The van der Waals surface area contributed by atoms with Crippen LogP contribution in [-0.2, 0) is 9.59 Å². The van der Waals surface area contributed by atoms with Crippen LogP contribution in [0.2, 0.25) is 5.02 Å². The van der Waals surface area contributed by atoms with E-state index in [1.807, 2.05) is 18.7 Å². The molecule has 2 fully saturated rings. The van der Waals surface area contributed by atoms with E-state index in [1.165, 1.54) is 6.20 Å². The summed E-state index contributed by atoms with van der Waals surface area (Å²) >= 11 is 5.90. The van der Waals surface area contributed by atoms with Crippen LogP contribution in [0.5, 0.6) is 5.88 Å². The molecular formula is C27H30ClN5O5. The number of anilines is 2. The predicted molar refractivity (Wildman–Crippen MR) is 142 cm³/mol. The molecule has 0 aromatic carbocycles. The quantitative estimate of drug-likeness (QED) is 0.431. The molecule has 0 bridgehead atoms. The highest BCUT2D eigenvalue weighted by Gasteiger charge is 2.34. The molecule has 0 radical (unpaired) electrons. The number of hydrogen-bond acceptors (Lipinski definition) is 7. The first-order valence-corrected chi connectivity index (χ1v) is 13.3. The van der Waals surface area contributed by atoms with Crippen molar-refractivity contribution in [2.45, 2.75) is 64.5 Å². The van der Waals surface area contributed by atoms with E-state index in [0.29, 0.717) is 41.3 Å². The van der Waals surface area contributed by atoms with Gasteiger partial charge in [-0.15, -0.1) is 0 Å². The van der Waals surface area contributed by atoms with Crippen molar-refractivity contribution in [3.8, 4) is 5.88 Å². The molecule has 1 saturated heterocycles. The average molecular weight is 540 g/mol. The van der Waals surface area contributed by atoms with Gasteiger partial charge < -0.3 is 24.7 Å². The number of ether oxygens (including phenoxy) is 1. The van der Waals surface area contributed by atoms with Gasteiger partial charge >= 0.3 is 0 Å². The van der Waals surface area contributed by atoms with Crippen LogP contribution in [0, 0.1) is 5.92 Å². The zero-order chi connectivity index (χ0) is 26.8. The standard InChI is InChI=1S/C27H30ClN5O5/c1-15(2)37-21-12-10-19-23(31-21)24(25(38-19)27(36)30-20-11-7-17(28)14-29-20)32-26(35)16-5-8-18(9-6-16)33-13-3-4-22(33)34/h7,10-12,14-16,18H,3-6,8-9,13H2,1-2H3,(H,32,35)(H,29,30,36). The average Bonchev–Trinajstić information content (AvgIpc) is 3.48. The molecular weight excluding hydrogens is 510 g/mol. The van der Waals surface area contributed by atoms with Gasteiger partial charge in [0.1, 0.15) is 17.0 Å². The van der Waals surface area contributed by atoms with Crippen molar-refractivity contribution >= 4 is 51.9 Å². The Labute approximate surface area is 225 Å². The van der Waals surface area contributed by atoms with Crippen LogP contribution in [0.25, 0.3) is 11.1 Å². The molecule has 0 atom stereocenters. The number of hydrogen-bond donors (Lipinski definition) is 2. The Morgan fingerprint density at radius 2 is 1.92 bits per heavy atom. The van der Waals surface area contributed by atoms with Crippen LogP contribution in [0.15, 0.2) is 34.9 Å². The predicted octanol–water partition coefficient (Wildman–Crippen LogP) is 5.04. The Morgan fingerprint density at radius 1 is 1.13 bits per heavy atom. The SMILES string of the molecule is CC(C)Oc1ccc2oc(C(=O)Nc3ccc(Cl)cn3)c(NC(=O)C3CCC(N4CCCC4=O)CC3)c2n1. The molecule has 38 heavy (non-hydrogen) atoms. The molecule has 1 aliphatic heterocycles. The Balaban J connectivity index is 1.38. The summed E-state index contributed by atoms with van der Waals surface area (Å²) in [5.41, 5.74) is 0.839. The van der Waals surface area contributed by atoms with Gasteiger partial charge in [-0.25, -0.2) is 9.97 Å². The number of amides is 3. The van der Waals surface area contributed by atoms with E-state index in [2.05, 4.69) is 20.6 Å². The van der Waals surface area contributed by atoms with Crippen molar-refractivity contribution in [1.82, 2.24) is 14.9 Å². The zero-order valence-corrected chi connectivity index (χ0v) is 22.1. The first-order valence-electron chi connectivity index (χ1n) is 12.9. The second-order valence-electron chi connectivity index (χ2n) is 9.97. The van der Waals surface area contributed by atoms with Crippen molar-refractivity contribution in [2.24, 2.45) is 5.92 Å². The van der Waals surface area contributed by atoms with Gasteiger partial charge in [-0.3, -0.25) is 14.4 Å². The minimum absolute atomic E-state index is 0.0874. The van der Waals surface area contributed by atoms with Gasteiger partial charge in [-0.05, 0) is 64.2 Å². The maximum absolute atomic E-state index is 13.4. The topological polar surface area (TPSA) is 127 Å². The van der Waals surface area contributed by atoms with Gasteiger partial charge in [-0.1, -0.05) is 11.6 Å². The number of carbonyl (C=O) groups is 3. The van der Waals surface area contributed by atoms with Gasteiger partial charge in [-0.2, -0.15) is 0 Å². The number of fused-ring (bicyclic) bond motifs is 1. The third kappa shape index (κ3) is 5.60. The zero-order valence-electron chi connectivity index (χ0n) is 21.3. The third-order valence-electron chi connectivity index (χ3n) is 6.91. The summed E-state index contributed by atoms with van der Waals surface area (Å²) in [6, 6.07) is 6.67.